The Morgan fingerprint density at radius 1 is 0.865 bits per heavy atom. The molecule has 2 aliphatic heterocycles. The molecule has 0 unspecified atom stereocenters. The number of aromatic amines is 2. The molecule has 0 saturated carbocycles. The van der Waals surface area contributed by atoms with E-state index in [9.17, 15) is 0 Å². The van der Waals surface area contributed by atoms with Crippen LogP contribution in [0.25, 0.3) is 44.5 Å². The topological polar surface area (TPSA) is 92.9 Å². The van der Waals surface area contributed by atoms with Gasteiger partial charge in [0.2, 0.25) is 0 Å². The highest BCUT2D eigenvalue weighted by Crippen LogP contribution is 2.33. The monoisotopic (exact) mass is 493 g/mol. The minimum absolute atomic E-state index is 0.705. The standard InChI is InChI=1S/C28H31N9/c1-35-8-10-37(11-9-35)28-22-14-25(32-24(22)4-5-30-28)26-23-13-21(17-31-27(23)34-33-26)20-12-19(15-29-16-20)18-36-6-2-3-7-36/h4-5,12-17,32H,2-3,6-11,18H2,1H3,(H,31,33,34). The van der Waals surface area contributed by atoms with Crippen LogP contribution in [0.15, 0.2) is 49.1 Å². The van der Waals surface area contributed by atoms with Crippen molar-refractivity contribution in [1.82, 2.24) is 39.9 Å². The average molecular weight is 494 g/mol. The van der Waals surface area contributed by atoms with Gasteiger partial charge < -0.3 is 14.8 Å². The van der Waals surface area contributed by atoms with Crippen molar-refractivity contribution in [3.8, 4) is 22.5 Å². The van der Waals surface area contributed by atoms with E-state index in [1.54, 1.807) is 0 Å². The van der Waals surface area contributed by atoms with Gasteiger partial charge in [-0.1, -0.05) is 0 Å². The van der Waals surface area contributed by atoms with Crippen LogP contribution in [-0.2, 0) is 6.54 Å². The molecular formula is C28H31N9. The molecule has 7 rings (SSSR count). The van der Waals surface area contributed by atoms with Gasteiger partial charge in [-0.25, -0.2) is 9.97 Å². The minimum atomic E-state index is 0.705. The van der Waals surface area contributed by atoms with Crippen molar-refractivity contribution in [2.75, 3.05) is 51.2 Å². The molecule has 0 bridgehead atoms. The summed E-state index contributed by atoms with van der Waals surface area (Å²) in [5.74, 6) is 1.04. The van der Waals surface area contributed by atoms with Crippen molar-refractivity contribution < 1.29 is 0 Å². The molecule has 2 aliphatic rings. The number of rotatable bonds is 5. The summed E-state index contributed by atoms with van der Waals surface area (Å²) in [5, 5.41) is 9.85. The van der Waals surface area contributed by atoms with Crippen molar-refractivity contribution in [3.05, 3.63) is 54.6 Å². The maximum absolute atomic E-state index is 4.75. The second kappa shape index (κ2) is 9.24. The maximum Gasteiger partial charge on any atom is 0.181 e. The van der Waals surface area contributed by atoms with Gasteiger partial charge in [-0.15, -0.1) is 0 Å². The zero-order valence-corrected chi connectivity index (χ0v) is 21.1. The fourth-order valence-corrected chi connectivity index (χ4v) is 5.64. The molecule has 7 heterocycles. The second-order valence-electron chi connectivity index (χ2n) is 10.3. The van der Waals surface area contributed by atoms with Gasteiger partial charge in [-0.3, -0.25) is 15.0 Å². The van der Waals surface area contributed by atoms with Gasteiger partial charge in [0.25, 0.3) is 0 Å². The van der Waals surface area contributed by atoms with Gasteiger partial charge in [0.05, 0.1) is 16.9 Å². The van der Waals surface area contributed by atoms with Crippen LogP contribution in [0.1, 0.15) is 18.4 Å². The molecule has 0 aromatic carbocycles. The van der Waals surface area contributed by atoms with E-state index in [4.69, 9.17) is 4.98 Å². The lowest BCUT2D eigenvalue weighted by molar-refractivity contribution is 0.312. The molecule has 0 amide bonds. The van der Waals surface area contributed by atoms with Gasteiger partial charge in [0, 0.05) is 79.4 Å². The van der Waals surface area contributed by atoms with Crippen molar-refractivity contribution >= 4 is 27.8 Å². The van der Waals surface area contributed by atoms with Crippen molar-refractivity contribution in [2.24, 2.45) is 0 Å². The molecule has 9 heteroatoms. The van der Waals surface area contributed by atoms with Crippen LogP contribution in [0.5, 0.6) is 0 Å². The first-order valence-corrected chi connectivity index (χ1v) is 13.1. The molecule has 0 spiro atoms. The molecule has 9 nitrogen and oxygen atoms in total. The van der Waals surface area contributed by atoms with Crippen molar-refractivity contribution in [2.45, 2.75) is 19.4 Å². The van der Waals surface area contributed by atoms with Crippen LogP contribution in [-0.4, -0.2) is 86.2 Å². The number of hydrogen-bond donors (Lipinski definition) is 2. The lowest BCUT2D eigenvalue weighted by Gasteiger charge is -2.33. The third-order valence-corrected chi connectivity index (χ3v) is 7.74. The van der Waals surface area contributed by atoms with Crippen LogP contribution < -0.4 is 4.90 Å². The fourth-order valence-electron chi connectivity index (χ4n) is 5.64. The number of nitrogens with zero attached hydrogens (tertiary/aromatic N) is 7. The first-order chi connectivity index (χ1) is 18.2. The Bertz CT molecular complexity index is 1550. The number of hydrogen-bond acceptors (Lipinski definition) is 7. The van der Waals surface area contributed by atoms with Gasteiger partial charge in [0.1, 0.15) is 5.82 Å². The summed E-state index contributed by atoms with van der Waals surface area (Å²) in [4.78, 5) is 24.8. The van der Waals surface area contributed by atoms with E-state index in [2.05, 4.69) is 65.1 Å². The Morgan fingerprint density at radius 2 is 1.70 bits per heavy atom. The number of fused-ring (bicyclic) bond motifs is 2. The van der Waals surface area contributed by atoms with Crippen LogP contribution in [0.4, 0.5) is 5.82 Å². The Labute approximate surface area is 215 Å². The van der Waals surface area contributed by atoms with Crippen LogP contribution in [0.2, 0.25) is 0 Å². The molecule has 188 valence electrons. The lowest BCUT2D eigenvalue weighted by atomic mass is 10.1. The Morgan fingerprint density at radius 3 is 2.57 bits per heavy atom. The van der Waals surface area contributed by atoms with E-state index in [1.165, 1.54) is 31.5 Å². The number of H-pyrrole nitrogens is 2. The Hall–Kier alpha value is -3.82. The molecule has 5 aromatic heterocycles. The molecule has 0 atom stereocenters. The zero-order valence-electron chi connectivity index (χ0n) is 21.1. The van der Waals surface area contributed by atoms with Gasteiger partial charge in [0.15, 0.2) is 5.65 Å². The van der Waals surface area contributed by atoms with Crippen molar-refractivity contribution in [3.63, 3.8) is 0 Å². The summed E-state index contributed by atoms with van der Waals surface area (Å²) in [5.41, 5.74) is 7.07. The van der Waals surface area contributed by atoms with Gasteiger partial charge in [-0.05, 0) is 62.8 Å². The normalized spacial score (nSPS) is 17.4. The summed E-state index contributed by atoms with van der Waals surface area (Å²) >= 11 is 0. The third kappa shape index (κ3) is 4.24. The molecule has 5 aromatic rings. The first kappa shape index (κ1) is 22.4. The van der Waals surface area contributed by atoms with Gasteiger partial charge in [-0.2, -0.15) is 5.10 Å². The lowest BCUT2D eigenvalue weighted by Crippen LogP contribution is -2.44. The third-order valence-electron chi connectivity index (χ3n) is 7.74. The molecular weight excluding hydrogens is 462 g/mol. The smallest absolute Gasteiger partial charge is 0.181 e. The zero-order chi connectivity index (χ0) is 24.8. The van der Waals surface area contributed by atoms with Gasteiger partial charge >= 0.3 is 0 Å². The maximum atomic E-state index is 4.75. The van der Waals surface area contributed by atoms with E-state index in [-0.39, 0.29) is 0 Å². The predicted molar refractivity (Wildman–Crippen MR) is 146 cm³/mol. The molecule has 0 aliphatic carbocycles. The fraction of sp³-hybridized carbons (Fsp3) is 0.357. The minimum Gasteiger partial charge on any atom is -0.353 e. The van der Waals surface area contributed by atoms with E-state index >= 15 is 0 Å². The number of anilines is 1. The number of pyridine rings is 3. The first-order valence-electron chi connectivity index (χ1n) is 13.1. The molecule has 2 saturated heterocycles. The van der Waals surface area contributed by atoms with E-state index in [0.29, 0.717) is 5.65 Å². The van der Waals surface area contributed by atoms with E-state index in [0.717, 1.165) is 77.3 Å². The summed E-state index contributed by atoms with van der Waals surface area (Å²) in [6, 6.07) is 8.64. The van der Waals surface area contributed by atoms with Crippen LogP contribution >= 0.6 is 0 Å². The molecule has 2 fully saturated rings. The van der Waals surface area contributed by atoms with Crippen LogP contribution in [0.3, 0.4) is 0 Å². The second-order valence-corrected chi connectivity index (χ2v) is 10.3. The number of nitrogens with one attached hydrogen (secondary N) is 2. The number of aromatic nitrogens is 6. The number of piperazine rings is 1. The van der Waals surface area contributed by atoms with E-state index < -0.39 is 0 Å². The highest BCUT2D eigenvalue weighted by Gasteiger charge is 2.20. The SMILES string of the molecule is CN1CCN(c2nccc3[nH]c(-c4[nH]nc5ncc(-c6cncc(CN7CCCC7)c6)cc45)cc23)CC1. The number of likely N-dealkylation sites (N-methyl/N-ethyl adjacent to an activating group) is 1. The summed E-state index contributed by atoms with van der Waals surface area (Å²) in [6.07, 6.45) is 10.3. The molecule has 2 N–H and O–H groups in total. The van der Waals surface area contributed by atoms with Crippen molar-refractivity contribution in [1.29, 1.82) is 0 Å². The average Bonchev–Trinajstić information content (AvgIpc) is 3.68. The molecule has 0 radical (unpaired) electrons. The Balaban J connectivity index is 1.24. The summed E-state index contributed by atoms with van der Waals surface area (Å²) in [7, 11) is 2.17. The highest BCUT2D eigenvalue weighted by atomic mass is 15.3. The quantitative estimate of drug-likeness (QED) is 0.383. The summed E-state index contributed by atoms with van der Waals surface area (Å²) < 4.78 is 0. The van der Waals surface area contributed by atoms with Crippen LogP contribution in [0, 0.1) is 0 Å². The summed E-state index contributed by atoms with van der Waals surface area (Å²) in [6.45, 7) is 7.35. The molecule has 37 heavy (non-hydrogen) atoms. The van der Waals surface area contributed by atoms with E-state index in [1.807, 2.05) is 30.9 Å². The number of likely N-dealkylation sites (tertiary alicyclic amines) is 1. The highest BCUT2D eigenvalue weighted by molar-refractivity contribution is 5.99. The largest absolute Gasteiger partial charge is 0.353 e. The predicted octanol–water partition coefficient (Wildman–Crippen LogP) is 3.91. The Kier molecular flexibility index (Phi) is 5.59.